The van der Waals surface area contributed by atoms with Gasteiger partial charge in [0.25, 0.3) is 11.8 Å². The number of methoxy groups -OCH3 is 1. The lowest BCUT2D eigenvalue weighted by molar-refractivity contribution is -0.122. The molecule has 0 saturated carbocycles. The first-order valence-electron chi connectivity index (χ1n) is 8.53. The summed E-state index contributed by atoms with van der Waals surface area (Å²) in [7, 11) is 1.49. The van der Waals surface area contributed by atoms with Crippen LogP contribution in [0.1, 0.15) is 12.5 Å². The van der Waals surface area contributed by atoms with E-state index in [2.05, 4.69) is 21.2 Å². The Hall–Kier alpha value is -2.84. The predicted octanol–water partition coefficient (Wildman–Crippen LogP) is 4.18. The van der Waals surface area contributed by atoms with Gasteiger partial charge >= 0.3 is 6.03 Å². The third kappa shape index (κ3) is 4.28. The SMILES string of the molecule is CCOc1cc(Br)c(/C=C2\C(=O)NC(=O)N(c3ccc(Cl)cc3)C2=O)cc1OC. The number of nitrogens with one attached hydrogen (secondary N) is 1. The molecule has 0 atom stereocenters. The number of ether oxygens (including phenoxy) is 2. The summed E-state index contributed by atoms with van der Waals surface area (Å²) in [5, 5.41) is 2.63. The Kier molecular flexibility index (Phi) is 6.24. The van der Waals surface area contributed by atoms with Gasteiger partial charge in [0.1, 0.15) is 5.57 Å². The maximum atomic E-state index is 12.9. The van der Waals surface area contributed by atoms with Crippen LogP contribution >= 0.6 is 27.5 Å². The van der Waals surface area contributed by atoms with E-state index in [4.69, 9.17) is 21.1 Å². The number of benzene rings is 2. The molecule has 2 aromatic carbocycles. The largest absolute Gasteiger partial charge is 0.493 e. The highest BCUT2D eigenvalue weighted by Crippen LogP contribution is 2.35. The van der Waals surface area contributed by atoms with Gasteiger partial charge < -0.3 is 9.47 Å². The lowest BCUT2D eigenvalue weighted by Crippen LogP contribution is -2.54. The van der Waals surface area contributed by atoms with Crippen molar-refractivity contribution in [1.29, 1.82) is 0 Å². The average molecular weight is 480 g/mol. The zero-order chi connectivity index (χ0) is 21.1. The molecule has 0 bridgehead atoms. The molecule has 2 aromatic rings. The first-order chi connectivity index (χ1) is 13.8. The van der Waals surface area contributed by atoms with Crippen LogP contribution in [0, 0.1) is 0 Å². The van der Waals surface area contributed by atoms with Crippen LogP contribution in [-0.2, 0) is 9.59 Å². The van der Waals surface area contributed by atoms with Crippen LogP contribution in [0.2, 0.25) is 5.02 Å². The molecule has 0 unspecified atom stereocenters. The Balaban J connectivity index is 2.03. The van der Waals surface area contributed by atoms with Crippen LogP contribution in [0.4, 0.5) is 10.5 Å². The van der Waals surface area contributed by atoms with Crippen molar-refractivity contribution in [3.63, 3.8) is 0 Å². The van der Waals surface area contributed by atoms with E-state index in [9.17, 15) is 14.4 Å². The van der Waals surface area contributed by atoms with Crippen LogP contribution in [0.3, 0.4) is 0 Å². The topological polar surface area (TPSA) is 84.9 Å². The molecule has 1 aliphatic rings. The summed E-state index contributed by atoms with van der Waals surface area (Å²) in [6.07, 6.45) is 1.38. The van der Waals surface area contributed by atoms with E-state index in [0.717, 1.165) is 4.90 Å². The monoisotopic (exact) mass is 478 g/mol. The third-order valence-electron chi connectivity index (χ3n) is 4.07. The number of hydrogen-bond acceptors (Lipinski definition) is 5. The summed E-state index contributed by atoms with van der Waals surface area (Å²) >= 11 is 9.28. The molecule has 29 heavy (non-hydrogen) atoms. The second kappa shape index (κ2) is 8.67. The van der Waals surface area contributed by atoms with Crippen molar-refractivity contribution < 1.29 is 23.9 Å². The van der Waals surface area contributed by atoms with Gasteiger partial charge in [0.15, 0.2) is 11.5 Å². The Labute approximate surface area is 180 Å². The fourth-order valence-corrected chi connectivity index (χ4v) is 3.29. The van der Waals surface area contributed by atoms with Gasteiger partial charge in [0.2, 0.25) is 0 Å². The smallest absolute Gasteiger partial charge is 0.335 e. The third-order valence-corrected chi connectivity index (χ3v) is 5.01. The molecule has 4 amide bonds. The molecule has 1 saturated heterocycles. The molecule has 3 rings (SSSR count). The quantitative estimate of drug-likeness (QED) is 0.514. The van der Waals surface area contributed by atoms with Gasteiger partial charge in [0.05, 0.1) is 19.4 Å². The number of halogens is 2. The highest BCUT2D eigenvalue weighted by molar-refractivity contribution is 9.10. The van der Waals surface area contributed by atoms with Gasteiger partial charge in [-0.1, -0.05) is 27.5 Å². The van der Waals surface area contributed by atoms with Crippen molar-refractivity contribution >= 4 is 57.1 Å². The second-order valence-corrected chi connectivity index (χ2v) is 7.18. The molecule has 150 valence electrons. The highest BCUT2D eigenvalue weighted by atomic mass is 79.9. The molecule has 0 spiro atoms. The Morgan fingerprint density at radius 3 is 2.45 bits per heavy atom. The summed E-state index contributed by atoms with van der Waals surface area (Å²) in [5.74, 6) is -0.580. The van der Waals surface area contributed by atoms with Crippen molar-refractivity contribution in [1.82, 2.24) is 5.32 Å². The van der Waals surface area contributed by atoms with E-state index >= 15 is 0 Å². The summed E-state index contributed by atoms with van der Waals surface area (Å²) < 4.78 is 11.4. The second-order valence-electron chi connectivity index (χ2n) is 5.89. The van der Waals surface area contributed by atoms with E-state index in [1.165, 1.54) is 25.3 Å². The minimum Gasteiger partial charge on any atom is -0.493 e. The zero-order valence-electron chi connectivity index (χ0n) is 15.5. The maximum absolute atomic E-state index is 12.9. The molecule has 9 heteroatoms. The summed E-state index contributed by atoms with van der Waals surface area (Å²) in [6, 6.07) is 8.61. The molecular formula is C20H16BrClN2O5. The summed E-state index contributed by atoms with van der Waals surface area (Å²) in [4.78, 5) is 38.4. The van der Waals surface area contributed by atoms with Gasteiger partial charge in [-0.3, -0.25) is 14.9 Å². The molecule has 1 aliphatic heterocycles. The van der Waals surface area contributed by atoms with Crippen molar-refractivity contribution in [2.75, 3.05) is 18.6 Å². The van der Waals surface area contributed by atoms with Crippen LogP contribution in [0.5, 0.6) is 11.5 Å². The van der Waals surface area contributed by atoms with E-state index in [0.29, 0.717) is 38.9 Å². The normalized spacial score (nSPS) is 15.5. The number of imide groups is 2. The Morgan fingerprint density at radius 1 is 1.14 bits per heavy atom. The molecule has 0 aliphatic carbocycles. The first-order valence-corrected chi connectivity index (χ1v) is 9.70. The minimum absolute atomic E-state index is 0.202. The number of rotatable bonds is 5. The molecule has 7 nitrogen and oxygen atoms in total. The van der Waals surface area contributed by atoms with Crippen LogP contribution in [0.15, 0.2) is 46.4 Å². The lowest BCUT2D eigenvalue weighted by Gasteiger charge is -2.26. The predicted molar refractivity (Wildman–Crippen MR) is 112 cm³/mol. The number of nitrogens with zero attached hydrogens (tertiary/aromatic N) is 1. The van der Waals surface area contributed by atoms with Gasteiger partial charge in [-0.2, -0.15) is 0 Å². The number of amides is 4. The van der Waals surface area contributed by atoms with Crippen LogP contribution < -0.4 is 19.7 Å². The number of anilines is 1. The zero-order valence-corrected chi connectivity index (χ0v) is 17.8. The molecular weight excluding hydrogens is 464 g/mol. The molecule has 0 aromatic heterocycles. The first kappa shape index (κ1) is 20.9. The molecule has 1 fully saturated rings. The molecule has 1 heterocycles. The fraction of sp³-hybridized carbons (Fsp3) is 0.150. The van der Waals surface area contributed by atoms with Gasteiger partial charge in [-0.15, -0.1) is 0 Å². The summed E-state index contributed by atoms with van der Waals surface area (Å²) in [6.45, 7) is 2.29. The van der Waals surface area contributed by atoms with Crippen LogP contribution in [-0.4, -0.2) is 31.6 Å². The lowest BCUT2D eigenvalue weighted by atomic mass is 10.1. The Bertz CT molecular complexity index is 1020. The fourth-order valence-electron chi connectivity index (χ4n) is 2.73. The van der Waals surface area contributed by atoms with Crippen molar-refractivity contribution in [2.24, 2.45) is 0 Å². The van der Waals surface area contributed by atoms with E-state index in [1.54, 1.807) is 24.3 Å². The molecule has 1 N–H and O–H groups in total. The minimum atomic E-state index is -0.831. The maximum Gasteiger partial charge on any atom is 0.335 e. The molecule has 0 radical (unpaired) electrons. The van der Waals surface area contributed by atoms with Gasteiger partial charge in [0, 0.05) is 9.50 Å². The van der Waals surface area contributed by atoms with E-state index in [1.807, 2.05) is 6.92 Å². The van der Waals surface area contributed by atoms with Gasteiger partial charge in [-0.25, -0.2) is 9.69 Å². The van der Waals surface area contributed by atoms with Gasteiger partial charge in [-0.05, 0) is 55.0 Å². The number of carbonyl (C=O) groups is 3. The van der Waals surface area contributed by atoms with E-state index in [-0.39, 0.29) is 5.57 Å². The van der Waals surface area contributed by atoms with Crippen LogP contribution in [0.25, 0.3) is 6.08 Å². The summed E-state index contributed by atoms with van der Waals surface area (Å²) in [5.41, 5.74) is 0.597. The number of barbiturate groups is 1. The van der Waals surface area contributed by atoms with Crippen molar-refractivity contribution in [3.8, 4) is 11.5 Å². The average Bonchev–Trinajstić information content (AvgIpc) is 2.68. The number of carbonyl (C=O) groups excluding carboxylic acids is 3. The Morgan fingerprint density at radius 2 is 1.83 bits per heavy atom. The van der Waals surface area contributed by atoms with Crippen molar-refractivity contribution in [3.05, 3.63) is 57.0 Å². The standard InChI is InChI=1S/C20H16BrClN2O5/c1-3-29-17-10-15(21)11(9-16(17)28-2)8-14-18(25)23-20(27)24(19(14)26)13-6-4-12(22)5-7-13/h4-10H,3H2,1-2H3,(H,23,25,27)/b14-8+. The van der Waals surface area contributed by atoms with E-state index < -0.39 is 17.8 Å². The van der Waals surface area contributed by atoms with Crippen molar-refractivity contribution in [2.45, 2.75) is 6.92 Å². The number of urea groups is 1. The number of hydrogen-bond donors (Lipinski definition) is 1. The highest BCUT2D eigenvalue weighted by Gasteiger charge is 2.37.